The van der Waals surface area contributed by atoms with E-state index in [9.17, 15) is 0 Å². The number of piperidine rings is 1. The van der Waals surface area contributed by atoms with E-state index in [-0.39, 0.29) is 0 Å². The summed E-state index contributed by atoms with van der Waals surface area (Å²) in [6, 6.07) is 6.86. The second-order valence-electron chi connectivity index (χ2n) is 5.23. The topological polar surface area (TPSA) is 38.5 Å². The normalized spacial score (nSPS) is 19.6. The van der Waals surface area contributed by atoms with Crippen molar-refractivity contribution in [3.05, 3.63) is 33.8 Å². The van der Waals surface area contributed by atoms with E-state index in [1.54, 1.807) is 7.11 Å². The first kappa shape index (κ1) is 15.0. The molecule has 2 rings (SSSR count). The fourth-order valence-corrected chi connectivity index (χ4v) is 3.04. The van der Waals surface area contributed by atoms with Crippen LogP contribution in [-0.2, 0) is 4.74 Å². The molecule has 0 bridgehead atoms. The van der Waals surface area contributed by atoms with Crippen LogP contribution in [0.3, 0.4) is 0 Å². The second-order valence-corrected chi connectivity index (χ2v) is 6.09. The summed E-state index contributed by atoms with van der Waals surface area (Å²) in [7, 11) is 1.80. The number of rotatable bonds is 4. The van der Waals surface area contributed by atoms with E-state index in [1.807, 2.05) is 0 Å². The lowest BCUT2D eigenvalue weighted by atomic mass is 9.99. The number of benzene rings is 1. The number of ether oxygens (including phenoxy) is 1. The molecule has 1 aliphatic heterocycles. The van der Waals surface area contributed by atoms with Gasteiger partial charge < -0.3 is 10.5 Å². The number of halogens is 1. The lowest BCUT2D eigenvalue weighted by Gasteiger charge is -2.37. The molecule has 19 heavy (non-hydrogen) atoms. The molecule has 0 amide bonds. The maximum absolute atomic E-state index is 6.01. The van der Waals surface area contributed by atoms with Crippen molar-refractivity contribution >= 4 is 15.9 Å². The molecule has 1 atom stereocenters. The number of likely N-dealkylation sites (tertiary alicyclic amines) is 1. The minimum absolute atomic E-state index is 0.324. The van der Waals surface area contributed by atoms with Crippen LogP contribution in [0.4, 0.5) is 0 Å². The average Bonchev–Trinajstić information content (AvgIpc) is 2.44. The molecule has 2 N–H and O–H groups in total. The highest BCUT2D eigenvalue weighted by Gasteiger charge is 2.25. The summed E-state index contributed by atoms with van der Waals surface area (Å²) in [6.45, 7) is 4.92. The largest absolute Gasteiger partial charge is 0.381 e. The molecule has 1 unspecified atom stereocenters. The van der Waals surface area contributed by atoms with Crippen molar-refractivity contribution in [2.75, 3.05) is 26.7 Å². The number of hydrogen-bond donors (Lipinski definition) is 1. The number of aryl methyl sites for hydroxylation is 1. The zero-order valence-electron chi connectivity index (χ0n) is 11.7. The summed E-state index contributed by atoms with van der Waals surface area (Å²) in [6.07, 6.45) is 2.62. The number of methoxy groups -OCH3 is 1. The van der Waals surface area contributed by atoms with E-state index in [1.165, 1.54) is 11.1 Å². The maximum Gasteiger partial charge on any atom is 0.0595 e. The van der Waals surface area contributed by atoms with Crippen LogP contribution in [0.5, 0.6) is 0 Å². The van der Waals surface area contributed by atoms with Gasteiger partial charge in [0, 0.05) is 37.3 Å². The van der Waals surface area contributed by atoms with E-state index >= 15 is 0 Å². The van der Waals surface area contributed by atoms with Gasteiger partial charge in [0.1, 0.15) is 0 Å². The molecule has 1 aliphatic rings. The van der Waals surface area contributed by atoms with Gasteiger partial charge in [0.05, 0.1) is 6.10 Å². The quantitative estimate of drug-likeness (QED) is 0.924. The highest BCUT2D eigenvalue weighted by Crippen LogP contribution is 2.27. The van der Waals surface area contributed by atoms with Gasteiger partial charge in [0.15, 0.2) is 0 Å². The van der Waals surface area contributed by atoms with Gasteiger partial charge in [-0.25, -0.2) is 0 Å². The van der Waals surface area contributed by atoms with Crippen LogP contribution in [-0.4, -0.2) is 37.7 Å². The Kier molecular flexibility index (Phi) is 5.39. The molecule has 3 nitrogen and oxygen atoms in total. The van der Waals surface area contributed by atoms with E-state index in [0.717, 1.165) is 30.4 Å². The van der Waals surface area contributed by atoms with Crippen LogP contribution in [0, 0.1) is 6.92 Å². The Morgan fingerprint density at radius 2 is 2.11 bits per heavy atom. The van der Waals surface area contributed by atoms with E-state index in [2.05, 4.69) is 46.0 Å². The van der Waals surface area contributed by atoms with Crippen LogP contribution in [0.25, 0.3) is 0 Å². The summed E-state index contributed by atoms with van der Waals surface area (Å²) in [5.74, 6) is 0. The molecule has 106 valence electrons. The molecule has 4 heteroatoms. The fraction of sp³-hybridized carbons (Fsp3) is 0.600. The molecular weight excluding hydrogens is 304 g/mol. The van der Waals surface area contributed by atoms with Crippen molar-refractivity contribution in [3.8, 4) is 0 Å². The van der Waals surface area contributed by atoms with Crippen molar-refractivity contribution < 1.29 is 4.74 Å². The van der Waals surface area contributed by atoms with Gasteiger partial charge in [-0.2, -0.15) is 0 Å². The van der Waals surface area contributed by atoms with Gasteiger partial charge in [-0.1, -0.05) is 28.1 Å². The Balaban J connectivity index is 2.09. The first-order chi connectivity index (χ1) is 9.15. The summed E-state index contributed by atoms with van der Waals surface area (Å²) in [5, 5.41) is 0. The predicted molar refractivity (Wildman–Crippen MR) is 82.3 cm³/mol. The van der Waals surface area contributed by atoms with E-state index < -0.39 is 0 Å². The molecule has 1 heterocycles. The monoisotopic (exact) mass is 326 g/mol. The molecule has 0 saturated carbocycles. The lowest BCUT2D eigenvalue weighted by Crippen LogP contribution is -2.41. The minimum Gasteiger partial charge on any atom is -0.381 e. The first-order valence-corrected chi connectivity index (χ1v) is 7.68. The molecule has 1 aromatic rings. The predicted octanol–water partition coefficient (Wildman–Crippen LogP) is 2.87. The highest BCUT2D eigenvalue weighted by molar-refractivity contribution is 9.10. The zero-order chi connectivity index (χ0) is 13.8. The SMILES string of the molecule is COC1CCN(C(CN)c2ccc(Br)c(C)c2)CC1. The number of hydrogen-bond acceptors (Lipinski definition) is 3. The van der Waals surface area contributed by atoms with Crippen LogP contribution in [0.2, 0.25) is 0 Å². The average molecular weight is 327 g/mol. The first-order valence-electron chi connectivity index (χ1n) is 6.88. The molecule has 1 saturated heterocycles. The van der Waals surface area contributed by atoms with E-state index in [0.29, 0.717) is 18.7 Å². The number of nitrogens with two attached hydrogens (primary N) is 1. The van der Waals surface area contributed by atoms with Crippen LogP contribution >= 0.6 is 15.9 Å². The highest BCUT2D eigenvalue weighted by atomic mass is 79.9. The van der Waals surface area contributed by atoms with Gasteiger partial charge in [-0.3, -0.25) is 4.90 Å². The summed E-state index contributed by atoms with van der Waals surface area (Å²) in [4.78, 5) is 2.48. The maximum atomic E-state index is 6.01. The Hall–Kier alpha value is -0.420. The Morgan fingerprint density at radius 1 is 1.42 bits per heavy atom. The standard InChI is InChI=1S/C15H23BrN2O/c1-11-9-12(3-4-14(11)16)15(10-17)18-7-5-13(19-2)6-8-18/h3-4,9,13,15H,5-8,10,17H2,1-2H3. The Labute approximate surface area is 124 Å². The molecular formula is C15H23BrN2O. The lowest BCUT2D eigenvalue weighted by molar-refractivity contribution is 0.0280. The third kappa shape index (κ3) is 3.57. The molecule has 0 aliphatic carbocycles. The van der Waals surface area contributed by atoms with Crippen LogP contribution in [0.15, 0.2) is 22.7 Å². The summed E-state index contributed by atoms with van der Waals surface area (Å²) in [5.41, 5.74) is 8.59. The zero-order valence-corrected chi connectivity index (χ0v) is 13.3. The minimum atomic E-state index is 0.324. The van der Waals surface area contributed by atoms with E-state index in [4.69, 9.17) is 10.5 Å². The second kappa shape index (κ2) is 6.84. The number of nitrogens with zero attached hydrogens (tertiary/aromatic N) is 1. The van der Waals surface area contributed by atoms with Crippen molar-refractivity contribution in [2.24, 2.45) is 5.73 Å². The van der Waals surface area contributed by atoms with Crippen molar-refractivity contribution in [1.82, 2.24) is 4.90 Å². The van der Waals surface area contributed by atoms with Crippen LogP contribution < -0.4 is 5.73 Å². The van der Waals surface area contributed by atoms with Gasteiger partial charge in [-0.15, -0.1) is 0 Å². The third-order valence-corrected chi connectivity index (χ3v) is 4.93. The van der Waals surface area contributed by atoms with Crippen molar-refractivity contribution in [1.29, 1.82) is 0 Å². The molecule has 1 fully saturated rings. The molecule has 0 spiro atoms. The van der Waals surface area contributed by atoms with Gasteiger partial charge in [0.25, 0.3) is 0 Å². The molecule has 0 radical (unpaired) electrons. The van der Waals surface area contributed by atoms with Crippen LogP contribution in [0.1, 0.15) is 30.0 Å². The Bertz CT molecular complexity index is 417. The van der Waals surface area contributed by atoms with Crippen molar-refractivity contribution in [3.63, 3.8) is 0 Å². The smallest absolute Gasteiger partial charge is 0.0595 e. The Morgan fingerprint density at radius 3 is 2.63 bits per heavy atom. The molecule has 1 aromatic carbocycles. The summed E-state index contributed by atoms with van der Waals surface area (Å²) >= 11 is 3.55. The summed E-state index contributed by atoms with van der Waals surface area (Å²) < 4.78 is 6.59. The third-order valence-electron chi connectivity index (χ3n) is 4.04. The van der Waals surface area contributed by atoms with Gasteiger partial charge in [0.2, 0.25) is 0 Å². The van der Waals surface area contributed by atoms with Gasteiger partial charge in [-0.05, 0) is 37.0 Å². The van der Waals surface area contributed by atoms with Crippen molar-refractivity contribution in [2.45, 2.75) is 31.9 Å². The fourth-order valence-electron chi connectivity index (χ4n) is 2.79. The van der Waals surface area contributed by atoms with Gasteiger partial charge >= 0.3 is 0 Å². The molecule has 0 aromatic heterocycles.